The first-order chi connectivity index (χ1) is 14.9. The number of halogens is 6. The lowest BCUT2D eigenvalue weighted by atomic mass is 9.57. The Bertz CT molecular complexity index is 807. The van der Waals surface area contributed by atoms with Gasteiger partial charge in [-0.25, -0.2) is 0 Å². The number of hydrogen-bond donors (Lipinski definition) is 2. The number of rotatable bonds is 8. The third kappa shape index (κ3) is 5.73. The third-order valence-electron chi connectivity index (χ3n) is 6.27. The minimum absolute atomic E-state index is 0.0369. The van der Waals surface area contributed by atoms with Crippen LogP contribution in [0.4, 0.5) is 32.0 Å². The van der Waals surface area contributed by atoms with Crippen molar-refractivity contribution in [2.75, 3.05) is 22.5 Å². The molecule has 32 heavy (non-hydrogen) atoms. The lowest BCUT2D eigenvalue weighted by molar-refractivity contribution is -0.274. The van der Waals surface area contributed by atoms with E-state index in [0.717, 1.165) is 17.9 Å². The van der Waals surface area contributed by atoms with Gasteiger partial charge in [-0.15, -0.1) is 13.2 Å². The first-order valence-electron chi connectivity index (χ1n) is 10.0. The molecule has 4 nitrogen and oxygen atoms in total. The van der Waals surface area contributed by atoms with Gasteiger partial charge in [0.05, 0.1) is 16.7 Å². The summed E-state index contributed by atoms with van der Waals surface area (Å²) < 4.78 is 85.0. The number of hydrogen-bond acceptors (Lipinski definition) is 5. The zero-order chi connectivity index (χ0) is 23.6. The molecule has 3 saturated carbocycles. The van der Waals surface area contributed by atoms with Gasteiger partial charge in [-0.3, -0.25) is 4.79 Å². The van der Waals surface area contributed by atoms with Gasteiger partial charge in [0, 0.05) is 23.1 Å². The minimum atomic E-state index is -4.87. The minimum Gasteiger partial charge on any atom is -0.406 e. The van der Waals surface area contributed by atoms with Crippen molar-refractivity contribution >= 4 is 35.3 Å². The van der Waals surface area contributed by atoms with Crippen molar-refractivity contribution in [3.8, 4) is 5.75 Å². The maximum atomic E-state index is 13.5. The molecule has 1 aromatic carbocycles. The number of nitrogens with one attached hydrogen (secondary N) is 2. The fraction of sp³-hybridized carbons (Fsp3) is 0.650. The number of anilines is 1. The van der Waals surface area contributed by atoms with E-state index in [9.17, 15) is 31.1 Å². The summed E-state index contributed by atoms with van der Waals surface area (Å²) in [6.45, 7) is 0. The molecule has 0 aliphatic heterocycles. The van der Waals surface area contributed by atoms with Gasteiger partial charge in [-0.1, -0.05) is 11.9 Å². The van der Waals surface area contributed by atoms with Crippen molar-refractivity contribution in [2.24, 2.45) is 5.41 Å². The number of ether oxygens (including phenoxy) is 1. The molecule has 180 valence electrons. The van der Waals surface area contributed by atoms with E-state index < -0.39 is 35.1 Å². The number of carbonyl (C=O) groups is 1. The van der Waals surface area contributed by atoms with Crippen molar-refractivity contribution in [3.63, 3.8) is 0 Å². The van der Waals surface area contributed by atoms with Crippen LogP contribution in [0, 0.1) is 5.41 Å². The molecule has 12 heteroatoms. The van der Waals surface area contributed by atoms with Crippen LogP contribution in [0.15, 0.2) is 18.2 Å². The molecule has 3 aliphatic carbocycles. The average molecular weight is 503 g/mol. The highest BCUT2D eigenvalue weighted by Gasteiger charge is 2.61. The molecule has 0 radical (unpaired) electrons. The second-order valence-electron chi connectivity index (χ2n) is 8.21. The van der Waals surface area contributed by atoms with Crippen molar-refractivity contribution < 1.29 is 35.9 Å². The van der Waals surface area contributed by atoms with E-state index in [1.165, 1.54) is 18.0 Å². The van der Waals surface area contributed by atoms with Gasteiger partial charge in [-0.2, -0.15) is 24.9 Å². The number of amides is 1. The van der Waals surface area contributed by atoms with Gasteiger partial charge in [0.2, 0.25) is 0 Å². The number of thioether (sulfide) groups is 1. The van der Waals surface area contributed by atoms with Crippen LogP contribution in [-0.2, 0) is 0 Å². The van der Waals surface area contributed by atoms with E-state index >= 15 is 0 Å². The van der Waals surface area contributed by atoms with Crippen molar-refractivity contribution in [1.29, 1.82) is 0 Å². The maximum absolute atomic E-state index is 13.5. The van der Waals surface area contributed by atoms with Gasteiger partial charge in [0.1, 0.15) is 5.75 Å². The molecule has 0 aromatic heterocycles. The molecular formula is C20H24F6N2O2S2. The standard InChI is InChI=1S/C20H24F6N2O2S2/c1-31-10-11-32-28-15-12-13(30-20(24,25)26)2-3-14(15)16(29)27-18-7-4-17(5-8-18,6-9-18)19(21,22)23/h2-3,12,28H,4-11H2,1H3,(H,27,29). The van der Waals surface area contributed by atoms with E-state index in [4.69, 9.17) is 0 Å². The van der Waals surface area contributed by atoms with Crippen LogP contribution in [-0.4, -0.2) is 41.7 Å². The van der Waals surface area contributed by atoms with Gasteiger partial charge in [0.15, 0.2) is 0 Å². The summed E-state index contributed by atoms with van der Waals surface area (Å²) in [7, 11) is 0. The summed E-state index contributed by atoms with van der Waals surface area (Å²) in [5.41, 5.74) is -2.13. The molecule has 0 spiro atoms. The zero-order valence-electron chi connectivity index (χ0n) is 17.3. The summed E-state index contributed by atoms with van der Waals surface area (Å²) in [5.74, 6) is 0.446. The first-order valence-corrected chi connectivity index (χ1v) is 12.4. The summed E-state index contributed by atoms with van der Waals surface area (Å²) >= 11 is 2.83. The Labute approximate surface area is 190 Å². The molecule has 4 rings (SSSR count). The zero-order valence-corrected chi connectivity index (χ0v) is 18.9. The molecule has 0 saturated heterocycles. The quantitative estimate of drug-likeness (QED) is 0.245. The molecule has 1 aromatic rings. The van der Waals surface area contributed by atoms with Crippen LogP contribution in [0.5, 0.6) is 5.75 Å². The van der Waals surface area contributed by atoms with Gasteiger partial charge < -0.3 is 14.8 Å². The third-order valence-corrected chi connectivity index (χ3v) is 7.91. The van der Waals surface area contributed by atoms with E-state index in [-0.39, 0.29) is 49.8 Å². The highest BCUT2D eigenvalue weighted by Crippen LogP contribution is 2.59. The van der Waals surface area contributed by atoms with E-state index in [1.54, 1.807) is 11.8 Å². The van der Waals surface area contributed by atoms with Crippen LogP contribution in [0.3, 0.4) is 0 Å². The molecule has 2 bridgehead atoms. The lowest BCUT2D eigenvalue weighted by Gasteiger charge is -2.53. The predicted molar refractivity (Wildman–Crippen MR) is 114 cm³/mol. The monoisotopic (exact) mass is 502 g/mol. The van der Waals surface area contributed by atoms with Gasteiger partial charge in [-0.05, 0) is 56.9 Å². The van der Waals surface area contributed by atoms with Crippen molar-refractivity contribution in [2.45, 2.75) is 56.6 Å². The van der Waals surface area contributed by atoms with E-state index in [0.29, 0.717) is 5.75 Å². The summed E-state index contributed by atoms with van der Waals surface area (Å²) in [6.07, 6.45) is -6.67. The van der Waals surface area contributed by atoms with Crippen molar-refractivity contribution in [1.82, 2.24) is 5.32 Å². The predicted octanol–water partition coefficient (Wildman–Crippen LogP) is 6.39. The molecule has 3 aliphatic rings. The Morgan fingerprint density at radius 2 is 1.66 bits per heavy atom. The second-order valence-corrected chi connectivity index (χ2v) is 10.1. The van der Waals surface area contributed by atoms with Crippen LogP contribution in [0.1, 0.15) is 48.9 Å². The topological polar surface area (TPSA) is 50.4 Å². The SMILES string of the molecule is CSCCSNc1cc(OC(F)(F)F)ccc1C(=O)NC12CCC(C(F)(F)F)(CC1)CC2. The fourth-order valence-corrected chi connectivity index (χ4v) is 5.79. The lowest BCUT2D eigenvalue weighted by Crippen LogP contribution is -2.59. The van der Waals surface area contributed by atoms with E-state index in [1.807, 2.05) is 6.26 Å². The average Bonchev–Trinajstić information content (AvgIpc) is 2.70. The van der Waals surface area contributed by atoms with Gasteiger partial charge in [0.25, 0.3) is 5.91 Å². The molecule has 2 N–H and O–H groups in total. The Balaban J connectivity index is 1.75. The largest absolute Gasteiger partial charge is 0.573 e. The summed E-state index contributed by atoms with van der Waals surface area (Å²) in [4.78, 5) is 13.0. The number of fused-ring (bicyclic) bond motifs is 3. The van der Waals surface area contributed by atoms with Crippen LogP contribution in [0.25, 0.3) is 0 Å². The Kier molecular flexibility index (Phi) is 7.43. The van der Waals surface area contributed by atoms with Crippen molar-refractivity contribution in [3.05, 3.63) is 23.8 Å². The summed E-state index contributed by atoms with van der Waals surface area (Å²) in [5, 5.41) is 2.89. The Morgan fingerprint density at radius 1 is 1.03 bits per heavy atom. The normalized spacial score (nSPS) is 25.5. The first kappa shape index (κ1) is 25.2. The molecule has 0 unspecified atom stereocenters. The number of carbonyl (C=O) groups excluding carboxylic acids is 1. The maximum Gasteiger partial charge on any atom is 0.573 e. The number of alkyl halides is 6. The second kappa shape index (κ2) is 9.44. The highest BCUT2D eigenvalue weighted by atomic mass is 32.2. The van der Waals surface area contributed by atoms with Crippen LogP contribution < -0.4 is 14.8 Å². The smallest absolute Gasteiger partial charge is 0.406 e. The van der Waals surface area contributed by atoms with Gasteiger partial charge >= 0.3 is 12.5 Å². The molecule has 3 fully saturated rings. The highest BCUT2D eigenvalue weighted by molar-refractivity contribution is 8.03. The molecule has 0 atom stereocenters. The summed E-state index contributed by atoms with van der Waals surface area (Å²) in [6, 6.07) is 3.38. The Morgan fingerprint density at radius 3 is 2.19 bits per heavy atom. The van der Waals surface area contributed by atoms with E-state index in [2.05, 4.69) is 14.8 Å². The van der Waals surface area contributed by atoms with Crippen LogP contribution >= 0.6 is 23.7 Å². The molecule has 0 heterocycles. The van der Waals surface area contributed by atoms with Crippen LogP contribution in [0.2, 0.25) is 0 Å². The fourth-order valence-electron chi connectivity index (χ4n) is 4.36. The Hall–Kier alpha value is -1.43. The number of benzene rings is 1. The molecular weight excluding hydrogens is 478 g/mol. The molecule has 1 amide bonds.